The maximum Gasteiger partial charge on any atom is 0.191 e. The Hall–Kier alpha value is -1.63. The number of aliphatic imine (C=N–C) groups is 1. The summed E-state index contributed by atoms with van der Waals surface area (Å²) in [4.78, 5) is 4.49. The number of hydrogen-bond donors (Lipinski definition) is 2. The van der Waals surface area contributed by atoms with Crippen LogP contribution in [0.1, 0.15) is 58.1 Å². The minimum atomic E-state index is -3.20. The summed E-state index contributed by atoms with van der Waals surface area (Å²) < 4.78 is 36.8. The molecule has 0 bridgehead atoms. The summed E-state index contributed by atoms with van der Waals surface area (Å²) in [5, 5.41) is 6.46. The third-order valence-corrected chi connectivity index (χ3v) is 4.82. The van der Waals surface area contributed by atoms with Gasteiger partial charge < -0.3 is 10.6 Å². The van der Waals surface area contributed by atoms with Crippen molar-refractivity contribution in [2.45, 2.75) is 59.3 Å². The first kappa shape index (κ1) is 23.4. The molecule has 7 heteroatoms. The Morgan fingerprint density at radius 1 is 1.15 bits per heavy atom. The van der Waals surface area contributed by atoms with E-state index < -0.39 is 15.7 Å². The van der Waals surface area contributed by atoms with Crippen molar-refractivity contribution < 1.29 is 12.8 Å². The van der Waals surface area contributed by atoms with E-state index in [2.05, 4.69) is 36.4 Å². The molecule has 0 saturated carbocycles. The molecule has 154 valence electrons. The van der Waals surface area contributed by atoms with Crippen LogP contribution in [0.15, 0.2) is 23.2 Å². The largest absolute Gasteiger partial charge is 0.357 e. The predicted molar refractivity (Wildman–Crippen MR) is 111 cm³/mol. The minimum absolute atomic E-state index is 0.116. The average Bonchev–Trinajstić information content (AvgIpc) is 2.52. The topological polar surface area (TPSA) is 70.6 Å². The number of benzene rings is 1. The van der Waals surface area contributed by atoms with Crippen LogP contribution in [-0.4, -0.2) is 33.7 Å². The van der Waals surface area contributed by atoms with Crippen molar-refractivity contribution in [3.05, 3.63) is 35.1 Å². The van der Waals surface area contributed by atoms with Crippen LogP contribution in [0.2, 0.25) is 0 Å². The van der Waals surface area contributed by atoms with E-state index in [0.29, 0.717) is 29.0 Å². The molecule has 1 aromatic carbocycles. The molecule has 0 aromatic heterocycles. The molecule has 1 rings (SSSR count). The van der Waals surface area contributed by atoms with E-state index in [1.807, 2.05) is 6.92 Å². The van der Waals surface area contributed by atoms with Gasteiger partial charge in [-0.15, -0.1) is 0 Å². The third kappa shape index (κ3) is 11.0. The van der Waals surface area contributed by atoms with E-state index >= 15 is 0 Å². The highest BCUT2D eigenvalue weighted by Gasteiger charge is 2.11. The molecule has 5 nitrogen and oxygen atoms in total. The number of rotatable bonds is 9. The summed E-state index contributed by atoms with van der Waals surface area (Å²) in [5.41, 5.74) is 1.51. The quantitative estimate of drug-likeness (QED) is 0.378. The molecule has 0 spiro atoms. The SMILES string of the molecule is CCNC(=NCc1cc(F)ccc1CS(C)(=O)=O)NCCCCC(C)(C)C. The van der Waals surface area contributed by atoms with Crippen molar-refractivity contribution in [2.24, 2.45) is 10.4 Å². The second kappa shape index (κ2) is 10.6. The summed E-state index contributed by atoms with van der Waals surface area (Å²) in [6, 6.07) is 4.16. The van der Waals surface area contributed by atoms with Gasteiger partial charge in [0, 0.05) is 19.3 Å². The van der Waals surface area contributed by atoms with E-state index in [1.165, 1.54) is 30.9 Å². The van der Waals surface area contributed by atoms with Crippen molar-refractivity contribution in [2.75, 3.05) is 19.3 Å². The molecule has 2 N–H and O–H groups in total. The molecule has 0 atom stereocenters. The fraction of sp³-hybridized carbons (Fsp3) is 0.650. The molecule has 1 aromatic rings. The Morgan fingerprint density at radius 2 is 1.85 bits per heavy atom. The molecule has 0 aliphatic heterocycles. The summed E-state index contributed by atoms with van der Waals surface area (Å²) in [6.45, 7) is 10.4. The van der Waals surface area contributed by atoms with Crippen molar-refractivity contribution >= 4 is 15.8 Å². The lowest BCUT2D eigenvalue weighted by atomic mass is 9.90. The van der Waals surface area contributed by atoms with Crippen molar-refractivity contribution in [1.82, 2.24) is 10.6 Å². The van der Waals surface area contributed by atoms with Crippen LogP contribution in [0.3, 0.4) is 0 Å². The number of hydrogen-bond acceptors (Lipinski definition) is 3. The zero-order valence-electron chi connectivity index (χ0n) is 17.2. The van der Waals surface area contributed by atoms with Gasteiger partial charge in [0.05, 0.1) is 12.3 Å². The van der Waals surface area contributed by atoms with Gasteiger partial charge >= 0.3 is 0 Å². The van der Waals surface area contributed by atoms with Crippen LogP contribution in [0.5, 0.6) is 0 Å². The van der Waals surface area contributed by atoms with Crippen LogP contribution in [0.25, 0.3) is 0 Å². The van der Waals surface area contributed by atoms with Crippen molar-refractivity contribution in [3.63, 3.8) is 0 Å². The first-order valence-electron chi connectivity index (χ1n) is 9.47. The Balaban J connectivity index is 2.73. The van der Waals surface area contributed by atoms with Crippen molar-refractivity contribution in [3.8, 4) is 0 Å². The predicted octanol–water partition coefficient (Wildman–Crippen LogP) is 3.64. The summed E-state index contributed by atoms with van der Waals surface area (Å²) >= 11 is 0. The highest BCUT2D eigenvalue weighted by atomic mass is 32.2. The van der Waals surface area contributed by atoms with Crippen LogP contribution >= 0.6 is 0 Å². The standard InChI is InChI=1S/C20H34FN3O2S/c1-6-22-19(23-12-8-7-11-20(2,3)4)24-14-17-13-18(21)10-9-16(17)15-27(5,25)26/h9-10,13H,6-8,11-12,14-15H2,1-5H3,(H2,22,23,24). The maximum absolute atomic E-state index is 13.6. The van der Waals surface area contributed by atoms with Gasteiger partial charge in [-0.1, -0.05) is 33.3 Å². The highest BCUT2D eigenvalue weighted by Crippen LogP contribution is 2.21. The van der Waals surface area contributed by atoms with E-state index in [9.17, 15) is 12.8 Å². The van der Waals surface area contributed by atoms with Gasteiger partial charge in [-0.3, -0.25) is 0 Å². The fourth-order valence-corrected chi connectivity index (χ4v) is 3.50. The number of nitrogens with one attached hydrogen (secondary N) is 2. The third-order valence-electron chi connectivity index (χ3n) is 3.98. The number of guanidine groups is 1. The lowest BCUT2D eigenvalue weighted by molar-refractivity contribution is 0.360. The summed E-state index contributed by atoms with van der Waals surface area (Å²) in [6.07, 6.45) is 4.52. The van der Waals surface area contributed by atoms with Crippen molar-refractivity contribution in [1.29, 1.82) is 0 Å². The van der Waals surface area contributed by atoms with Gasteiger partial charge in [-0.25, -0.2) is 17.8 Å². The molecule has 0 aliphatic rings. The lowest BCUT2D eigenvalue weighted by Gasteiger charge is -2.18. The lowest BCUT2D eigenvalue weighted by Crippen LogP contribution is -2.37. The Bertz CT molecular complexity index is 725. The Kier molecular flexibility index (Phi) is 9.22. The summed E-state index contributed by atoms with van der Waals surface area (Å²) in [7, 11) is -3.20. The zero-order valence-corrected chi connectivity index (χ0v) is 18.0. The number of sulfone groups is 1. The monoisotopic (exact) mass is 399 g/mol. The Labute approximate surface area is 163 Å². The van der Waals surface area contributed by atoms with Gasteiger partial charge in [0.15, 0.2) is 15.8 Å². The van der Waals surface area contributed by atoms with Crippen LogP contribution in [0.4, 0.5) is 4.39 Å². The molecule has 0 amide bonds. The van der Waals surface area contributed by atoms with E-state index in [4.69, 9.17) is 0 Å². The number of halogens is 1. The van der Waals surface area contributed by atoms with Gasteiger partial charge in [-0.05, 0) is 48.4 Å². The summed E-state index contributed by atoms with van der Waals surface area (Å²) in [5.74, 6) is 0.148. The van der Waals surface area contributed by atoms with E-state index in [1.54, 1.807) is 0 Å². The molecule has 27 heavy (non-hydrogen) atoms. The first-order valence-corrected chi connectivity index (χ1v) is 11.5. The highest BCUT2D eigenvalue weighted by molar-refractivity contribution is 7.89. The molecule has 0 aliphatic carbocycles. The van der Waals surface area contributed by atoms with Gasteiger partial charge in [-0.2, -0.15) is 0 Å². The Morgan fingerprint density at radius 3 is 2.44 bits per heavy atom. The van der Waals surface area contributed by atoms with Crippen LogP contribution in [0, 0.1) is 11.2 Å². The van der Waals surface area contributed by atoms with Gasteiger partial charge in [0.25, 0.3) is 0 Å². The fourth-order valence-electron chi connectivity index (χ4n) is 2.66. The second-order valence-corrected chi connectivity index (χ2v) is 10.3. The van der Waals surface area contributed by atoms with Gasteiger partial charge in [0.1, 0.15) is 5.82 Å². The molecular weight excluding hydrogens is 365 g/mol. The smallest absolute Gasteiger partial charge is 0.191 e. The van der Waals surface area contributed by atoms with Crippen LogP contribution < -0.4 is 10.6 Å². The first-order chi connectivity index (χ1) is 12.5. The maximum atomic E-state index is 13.6. The molecule has 0 radical (unpaired) electrons. The second-order valence-electron chi connectivity index (χ2n) is 8.12. The number of nitrogens with zero attached hydrogens (tertiary/aromatic N) is 1. The van der Waals surface area contributed by atoms with E-state index in [-0.39, 0.29) is 12.3 Å². The van der Waals surface area contributed by atoms with E-state index in [0.717, 1.165) is 19.4 Å². The average molecular weight is 400 g/mol. The number of unbranched alkanes of at least 4 members (excludes halogenated alkanes) is 1. The van der Waals surface area contributed by atoms with Crippen LogP contribution in [-0.2, 0) is 22.1 Å². The minimum Gasteiger partial charge on any atom is -0.357 e. The zero-order chi connectivity index (χ0) is 20.5. The molecule has 0 fully saturated rings. The molecule has 0 unspecified atom stereocenters. The van der Waals surface area contributed by atoms with Gasteiger partial charge in [0.2, 0.25) is 0 Å². The molecule has 0 heterocycles. The normalized spacial score (nSPS) is 12.9. The molecular formula is C20H34FN3O2S. The molecule has 0 saturated heterocycles.